The maximum absolute atomic E-state index is 5.68. The standard InChI is InChI=1S/C5H9IO3Se.Ba/c6-9-7-3-4-1-2-5(10)8-4;/h4-5,10H,1-3H2;/q;+1/p-1. The first kappa shape index (κ1) is 11.8. The Labute approximate surface area is 113 Å². The third-order valence-corrected chi connectivity index (χ3v) is 9.38. The minimum atomic E-state index is 0.292. The predicted molar refractivity (Wildman–Crippen MR) is 50.5 cm³/mol. The fourth-order valence-corrected chi connectivity index (χ4v) is 6.30. The van der Waals surface area contributed by atoms with Crippen molar-refractivity contribution in [2.45, 2.75) is 23.9 Å². The molecule has 1 heterocycles. The quantitative estimate of drug-likeness (QED) is 0.267. The molecule has 6 heteroatoms. The van der Waals surface area contributed by atoms with Gasteiger partial charge in [0.15, 0.2) is 0 Å². The first-order valence-electron chi connectivity index (χ1n) is 3.33. The molecule has 1 saturated heterocycles. The summed E-state index contributed by atoms with van der Waals surface area (Å²) in [5.41, 5.74) is 0. The van der Waals surface area contributed by atoms with Crippen LogP contribution in [0.4, 0.5) is 0 Å². The summed E-state index contributed by atoms with van der Waals surface area (Å²) in [5, 5.41) is 0.591. The summed E-state index contributed by atoms with van der Waals surface area (Å²) in [4.78, 5) is 4.79. The molecule has 0 bridgehead atoms. The normalized spacial score (nSPS) is 30.9. The van der Waals surface area contributed by atoms with Crippen molar-refractivity contribution in [3.63, 3.8) is 0 Å². The van der Waals surface area contributed by atoms with Gasteiger partial charge in [-0.25, -0.2) is 0 Å². The van der Waals surface area contributed by atoms with Gasteiger partial charge in [-0.15, -0.1) is 0 Å². The van der Waals surface area contributed by atoms with Crippen LogP contribution in [0.2, 0.25) is 0 Å². The molecule has 3 nitrogen and oxygen atoms in total. The van der Waals surface area contributed by atoms with Crippen LogP contribution in [0.15, 0.2) is 0 Å². The first-order chi connectivity index (χ1) is 5.36. The van der Waals surface area contributed by atoms with Crippen molar-refractivity contribution in [1.29, 1.82) is 0 Å². The van der Waals surface area contributed by atoms with Crippen LogP contribution in [0.3, 0.4) is 0 Å². The van der Waals surface area contributed by atoms with Crippen LogP contribution in [0.1, 0.15) is 12.8 Å². The van der Waals surface area contributed by atoms with Gasteiger partial charge in [-0.2, -0.15) is 0 Å². The average Bonchev–Trinajstić information content (AvgIpc) is 2.48. The van der Waals surface area contributed by atoms with Crippen LogP contribution in [-0.2, 0) is 12.8 Å². The molecular weight excluding hydrogens is 451 g/mol. The van der Waals surface area contributed by atoms with Gasteiger partial charge < -0.3 is 0 Å². The zero-order valence-corrected chi connectivity index (χ0v) is 14.3. The first-order valence-corrected chi connectivity index (χ1v) is 15.8. The van der Waals surface area contributed by atoms with Crippen LogP contribution in [0, 0.1) is 0 Å². The third-order valence-electron chi connectivity index (χ3n) is 1.55. The van der Waals surface area contributed by atoms with E-state index in [1.807, 2.05) is 0 Å². The van der Waals surface area contributed by atoms with E-state index in [1.165, 1.54) is 6.42 Å². The second kappa shape index (κ2) is 7.05. The van der Waals surface area contributed by atoms with E-state index < -0.39 is 0 Å². The van der Waals surface area contributed by atoms with Crippen molar-refractivity contribution >= 4 is 72.3 Å². The van der Waals surface area contributed by atoms with Gasteiger partial charge in [0, 0.05) is 0 Å². The zero-order chi connectivity index (χ0) is 8.10. The molecule has 0 amide bonds. The Kier molecular flexibility index (Phi) is 7.55. The van der Waals surface area contributed by atoms with Crippen molar-refractivity contribution in [3.8, 4) is 0 Å². The molecule has 0 aromatic carbocycles. The van der Waals surface area contributed by atoms with Crippen molar-refractivity contribution in [1.82, 2.24) is 0 Å². The van der Waals surface area contributed by atoms with Gasteiger partial charge in [-0.3, -0.25) is 0 Å². The van der Waals surface area contributed by atoms with E-state index in [0.717, 1.165) is 55.7 Å². The summed E-state index contributed by atoms with van der Waals surface area (Å²) < 4.78 is 10.2. The number of hydrogen-bond donors (Lipinski definition) is 0. The Morgan fingerprint density at radius 1 is 1.64 bits per heavy atom. The number of rotatable bonds is 4. The monoisotopic (exact) mass is 461 g/mol. The summed E-state index contributed by atoms with van der Waals surface area (Å²) in [7, 11) is 0. The fourth-order valence-electron chi connectivity index (χ4n) is 1.02. The summed E-state index contributed by atoms with van der Waals surface area (Å²) in [6.45, 7) is 0.587. The summed E-state index contributed by atoms with van der Waals surface area (Å²) in [6.07, 6.45) is 3.47. The SMILES string of the molecule is IOOCC1CCC([Se][Ba])O1. The van der Waals surface area contributed by atoms with Crippen LogP contribution in [-0.4, -0.2) is 67.0 Å². The molecule has 2 atom stereocenters. The average molecular weight is 459 g/mol. The molecule has 0 aromatic rings. The minimum absolute atomic E-state index is 0.292. The van der Waals surface area contributed by atoms with E-state index in [0.29, 0.717) is 17.7 Å². The summed E-state index contributed by atoms with van der Waals surface area (Å²) in [6, 6.07) is 0. The van der Waals surface area contributed by atoms with Gasteiger partial charge in [0.1, 0.15) is 0 Å². The number of hydrogen-bond acceptors (Lipinski definition) is 3. The topological polar surface area (TPSA) is 27.7 Å². The summed E-state index contributed by atoms with van der Waals surface area (Å²) >= 11 is 2.65. The zero-order valence-electron chi connectivity index (χ0n) is 5.99. The van der Waals surface area contributed by atoms with Gasteiger partial charge in [0.2, 0.25) is 0 Å². The molecule has 0 aromatic heterocycles. The molecule has 1 rings (SSSR count). The van der Waals surface area contributed by atoms with Gasteiger partial charge in [0.05, 0.1) is 0 Å². The molecule has 11 heavy (non-hydrogen) atoms. The van der Waals surface area contributed by atoms with Crippen molar-refractivity contribution in [3.05, 3.63) is 0 Å². The van der Waals surface area contributed by atoms with E-state index in [9.17, 15) is 0 Å². The molecule has 0 spiro atoms. The molecule has 1 aliphatic heterocycles. The Morgan fingerprint density at radius 2 is 2.45 bits per heavy atom. The van der Waals surface area contributed by atoms with Gasteiger partial charge in [0.25, 0.3) is 0 Å². The molecule has 1 radical (unpaired) electrons. The van der Waals surface area contributed by atoms with E-state index in [-0.39, 0.29) is 0 Å². The molecule has 2 unspecified atom stereocenters. The fraction of sp³-hybridized carbons (Fsp3) is 1.00. The Bertz CT molecular complexity index is 118. The predicted octanol–water partition coefficient (Wildman–Crippen LogP) is 0.577. The van der Waals surface area contributed by atoms with Crippen LogP contribution in [0.5, 0.6) is 0 Å². The van der Waals surface area contributed by atoms with E-state index in [2.05, 4.69) is 3.22 Å². The third kappa shape index (κ3) is 4.64. The Balaban J connectivity index is 2.09. The van der Waals surface area contributed by atoms with Crippen molar-refractivity contribution in [2.75, 3.05) is 6.61 Å². The molecule has 61 valence electrons. The molecule has 0 N–H and O–H groups in total. The van der Waals surface area contributed by atoms with E-state index in [4.69, 9.17) is 9.62 Å². The second-order valence-electron chi connectivity index (χ2n) is 2.28. The molecule has 0 saturated carbocycles. The maximum atomic E-state index is 5.68. The number of ether oxygens (including phenoxy) is 1. The second-order valence-corrected chi connectivity index (χ2v) is 9.88. The molecule has 1 aliphatic rings. The van der Waals surface area contributed by atoms with Crippen LogP contribution < -0.4 is 0 Å². The van der Waals surface area contributed by atoms with Crippen molar-refractivity contribution in [2.24, 2.45) is 0 Å². The van der Waals surface area contributed by atoms with E-state index >= 15 is 0 Å². The van der Waals surface area contributed by atoms with Crippen LogP contribution in [0.25, 0.3) is 0 Å². The summed E-state index contributed by atoms with van der Waals surface area (Å²) in [5.74, 6) is 0. The molecular formula is C5H8BaIO3Se. The van der Waals surface area contributed by atoms with Gasteiger partial charge in [-0.1, -0.05) is 0 Å². The van der Waals surface area contributed by atoms with Crippen LogP contribution >= 0.6 is 23.0 Å². The molecule has 1 fully saturated rings. The molecule has 0 aliphatic carbocycles. The van der Waals surface area contributed by atoms with E-state index in [1.54, 1.807) is 23.0 Å². The van der Waals surface area contributed by atoms with Gasteiger partial charge >= 0.3 is 116 Å². The van der Waals surface area contributed by atoms with Crippen molar-refractivity contribution < 1.29 is 12.8 Å². The number of halogens is 1. The van der Waals surface area contributed by atoms with Gasteiger partial charge in [-0.05, 0) is 0 Å². The Morgan fingerprint density at radius 3 is 3.00 bits per heavy atom. The Hall–Kier alpha value is 2.70.